The van der Waals surface area contributed by atoms with Gasteiger partial charge in [0.1, 0.15) is 0 Å². The van der Waals surface area contributed by atoms with Crippen LogP contribution in [0.3, 0.4) is 0 Å². The Morgan fingerprint density at radius 3 is 1.46 bits per heavy atom. The monoisotopic (exact) mass is 651 g/mol. The van der Waals surface area contributed by atoms with Crippen molar-refractivity contribution in [3.63, 3.8) is 0 Å². The minimum atomic E-state index is -1.51. The van der Waals surface area contributed by atoms with Gasteiger partial charge in [-0.2, -0.15) is 0 Å². The first kappa shape index (κ1) is 36.0. The van der Waals surface area contributed by atoms with Crippen LogP contribution in [0, 0.1) is 93.7 Å². The van der Waals surface area contributed by atoms with E-state index in [4.69, 9.17) is 0 Å². The summed E-state index contributed by atoms with van der Waals surface area (Å²) in [6.45, 7) is 31.9. The van der Waals surface area contributed by atoms with Crippen LogP contribution >= 0.6 is 0 Å². The third-order valence-electron chi connectivity index (χ3n) is 17.9. The van der Waals surface area contributed by atoms with E-state index in [0.717, 1.165) is 93.9 Å². The fourth-order valence-corrected chi connectivity index (χ4v) is 22.4. The van der Waals surface area contributed by atoms with Gasteiger partial charge in [0.15, 0.2) is 0 Å². The molecule has 6 aliphatic rings. The maximum Gasteiger partial charge on any atom is 0.0547 e. The summed E-state index contributed by atoms with van der Waals surface area (Å²) in [6.07, 6.45) is 23.3. The molecule has 0 bridgehead atoms. The predicted molar refractivity (Wildman–Crippen MR) is 205 cm³/mol. The molecule has 0 nitrogen and oxygen atoms in total. The second kappa shape index (κ2) is 13.4. The van der Waals surface area contributed by atoms with E-state index in [1.54, 1.807) is 70.6 Å². The van der Waals surface area contributed by atoms with E-state index in [1.807, 2.05) is 0 Å². The molecule has 0 aromatic carbocycles. The first-order valence-electron chi connectivity index (χ1n) is 21.5. The molecule has 6 fully saturated rings. The number of hydrogen-bond acceptors (Lipinski definition) is 0. The minimum Gasteiger partial charge on any atom is -0.0689 e. The van der Waals surface area contributed by atoms with Crippen LogP contribution in [0.2, 0.25) is 24.2 Å². The second-order valence-electron chi connectivity index (χ2n) is 22.4. The first-order valence-corrected chi connectivity index (χ1v) is 24.7. The molecule has 11 atom stereocenters. The molecule has 0 aromatic heterocycles. The predicted octanol–water partition coefficient (Wildman–Crippen LogP) is 14.2. The first-order chi connectivity index (χ1) is 21.5. The van der Waals surface area contributed by atoms with Gasteiger partial charge in [0.25, 0.3) is 0 Å². The van der Waals surface area contributed by atoms with Gasteiger partial charge >= 0.3 is 0 Å². The molecule has 0 spiro atoms. The molecule has 11 unspecified atom stereocenters. The van der Waals surface area contributed by atoms with Crippen molar-refractivity contribution in [2.75, 3.05) is 0 Å². The summed E-state index contributed by atoms with van der Waals surface area (Å²) < 4.78 is 0. The Labute approximate surface area is 290 Å². The summed E-state index contributed by atoms with van der Waals surface area (Å²) in [6, 6.07) is 0. The van der Waals surface area contributed by atoms with Crippen molar-refractivity contribution in [1.29, 1.82) is 0 Å². The molecule has 6 saturated carbocycles. The lowest BCUT2D eigenvalue weighted by atomic mass is 9.60. The highest BCUT2D eigenvalue weighted by Crippen LogP contribution is 2.69. The molecule has 6 rings (SSSR count). The Balaban J connectivity index is 1.22. The van der Waals surface area contributed by atoms with Gasteiger partial charge in [0.05, 0.1) is 8.07 Å². The van der Waals surface area contributed by atoms with E-state index < -0.39 is 8.07 Å². The highest BCUT2D eigenvalue weighted by atomic mass is 28.3. The average molecular weight is 651 g/mol. The molecule has 1 heteroatoms. The summed E-state index contributed by atoms with van der Waals surface area (Å²) >= 11 is 0. The Morgan fingerprint density at radius 2 is 0.957 bits per heavy atom. The van der Waals surface area contributed by atoms with Crippen LogP contribution < -0.4 is 0 Å². The van der Waals surface area contributed by atoms with Crippen molar-refractivity contribution in [1.82, 2.24) is 0 Å². The van der Waals surface area contributed by atoms with Crippen LogP contribution in [0.4, 0.5) is 0 Å². The normalized spacial score (nSPS) is 47.5. The zero-order valence-electron chi connectivity index (χ0n) is 33.3. The van der Waals surface area contributed by atoms with Crippen molar-refractivity contribution >= 4 is 8.07 Å². The van der Waals surface area contributed by atoms with Gasteiger partial charge in [-0.15, -0.1) is 0 Å². The molecule has 0 N–H and O–H groups in total. The lowest BCUT2D eigenvalue weighted by molar-refractivity contribution is 0.0473. The average Bonchev–Trinajstić information content (AvgIpc) is 3.53. The second-order valence-corrected chi connectivity index (χ2v) is 27.4. The summed E-state index contributed by atoms with van der Waals surface area (Å²) in [5, 5.41) is 0. The summed E-state index contributed by atoms with van der Waals surface area (Å²) in [7, 11) is -1.51. The summed E-state index contributed by atoms with van der Waals surface area (Å²) in [5.74, 6) is 14.2. The highest BCUT2D eigenvalue weighted by Gasteiger charge is 2.62. The van der Waals surface area contributed by atoms with E-state index in [1.165, 1.54) is 25.7 Å². The van der Waals surface area contributed by atoms with Crippen LogP contribution in [-0.2, 0) is 0 Å². The lowest BCUT2D eigenvalue weighted by Gasteiger charge is -2.51. The number of hydrogen-bond donors (Lipinski definition) is 0. The molecule has 266 valence electrons. The number of rotatable bonds is 5. The standard InChI is InChI=1S/C45H82Si/c1-28(2)39-27-40-35(31-19-23-33(24-20-31)44(5,6)7)15-13-17-37(40)43(39)46(11,12)42-30(4)29(3)41-36(16-14-18-38(41)42)32-21-25-34(26-22-32)45(8,9)10/h28-43H,13-27H2,1-12H3. The lowest BCUT2D eigenvalue weighted by Crippen LogP contribution is -2.48. The Morgan fingerprint density at radius 1 is 0.500 bits per heavy atom. The quantitative estimate of drug-likeness (QED) is 0.260. The molecular formula is C45H82Si. The van der Waals surface area contributed by atoms with E-state index in [-0.39, 0.29) is 0 Å². The highest BCUT2D eigenvalue weighted by molar-refractivity contribution is 6.80. The fourth-order valence-electron chi connectivity index (χ4n) is 15.7. The molecular weight excluding hydrogens is 569 g/mol. The van der Waals surface area contributed by atoms with Gasteiger partial charge in [0.2, 0.25) is 0 Å². The Kier molecular flexibility index (Phi) is 10.5. The van der Waals surface area contributed by atoms with Gasteiger partial charge in [-0.25, -0.2) is 0 Å². The van der Waals surface area contributed by atoms with Gasteiger partial charge in [-0.05, 0) is 175 Å². The number of fused-ring (bicyclic) bond motifs is 2. The molecule has 0 amide bonds. The van der Waals surface area contributed by atoms with Crippen LogP contribution in [0.1, 0.15) is 166 Å². The smallest absolute Gasteiger partial charge is 0.0547 e. The van der Waals surface area contributed by atoms with Crippen molar-refractivity contribution in [3.05, 3.63) is 0 Å². The minimum absolute atomic E-state index is 0.506. The van der Waals surface area contributed by atoms with Crippen LogP contribution in [-0.4, -0.2) is 8.07 Å². The van der Waals surface area contributed by atoms with E-state index in [9.17, 15) is 0 Å². The molecule has 0 radical (unpaired) electrons. The fraction of sp³-hybridized carbons (Fsp3) is 1.00. The maximum absolute atomic E-state index is 3.00. The van der Waals surface area contributed by atoms with Gasteiger partial charge in [-0.1, -0.05) is 108 Å². The van der Waals surface area contributed by atoms with Crippen LogP contribution in [0.25, 0.3) is 0 Å². The topological polar surface area (TPSA) is 0 Å². The van der Waals surface area contributed by atoms with Crippen molar-refractivity contribution in [2.45, 2.75) is 190 Å². The molecule has 6 aliphatic carbocycles. The van der Waals surface area contributed by atoms with Gasteiger partial charge in [0, 0.05) is 0 Å². The molecule has 0 saturated heterocycles. The third-order valence-corrected chi connectivity index (χ3v) is 23.2. The zero-order chi connectivity index (χ0) is 33.3. The van der Waals surface area contributed by atoms with Crippen LogP contribution in [0.15, 0.2) is 0 Å². The molecule has 46 heavy (non-hydrogen) atoms. The zero-order valence-corrected chi connectivity index (χ0v) is 34.3. The maximum atomic E-state index is 3.00. The summed E-state index contributed by atoms with van der Waals surface area (Å²) in [5.41, 5.74) is 3.18. The van der Waals surface area contributed by atoms with Crippen molar-refractivity contribution in [3.8, 4) is 0 Å². The SMILES string of the molecule is CC(C)C1CC2C(C3CCC(C(C)(C)C)CC3)CCCC2C1[Si](C)(C)C1C(C)C(C)C2C(C3CCC(C(C)(C)C)CC3)CCCC21. The van der Waals surface area contributed by atoms with E-state index >= 15 is 0 Å². The van der Waals surface area contributed by atoms with Crippen molar-refractivity contribution < 1.29 is 0 Å². The van der Waals surface area contributed by atoms with Crippen LogP contribution in [0.5, 0.6) is 0 Å². The van der Waals surface area contributed by atoms with E-state index in [0.29, 0.717) is 10.8 Å². The Hall–Kier alpha value is 0.217. The molecule has 0 aromatic rings. The van der Waals surface area contributed by atoms with Gasteiger partial charge in [-0.3, -0.25) is 0 Å². The van der Waals surface area contributed by atoms with E-state index in [2.05, 4.69) is 82.3 Å². The summed E-state index contributed by atoms with van der Waals surface area (Å²) in [4.78, 5) is 0. The molecule has 0 aliphatic heterocycles. The largest absolute Gasteiger partial charge is 0.0689 e. The Bertz CT molecular complexity index is 993. The third kappa shape index (κ3) is 6.56. The molecule has 0 heterocycles. The van der Waals surface area contributed by atoms with Crippen molar-refractivity contribution in [2.24, 2.45) is 93.7 Å². The van der Waals surface area contributed by atoms with Gasteiger partial charge < -0.3 is 0 Å².